The third kappa shape index (κ3) is 2.97. The van der Waals surface area contributed by atoms with Gasteiger partial charge in [0.25, 0.3) is 5.50 Å². The zero-order valence-electron chi connectivity index (χ0n) is 8.98. The van der Waals surface area contributed by atoms with E-state index in [1.807, 2.05) is 35.2 Å². The van der Waals surface area contributed by atoms with Crippen molar-refractivity contribution < 1.29 is 17.0 Å². The second-order valence-electron chi connectivity index (χ2n) is 3.57. The quantitative estimate of drug-likeness (QED) is 0.527. The number of hydrogen-bond donors (Lipinski definition) is 0. The fourth-order valence-electron chi connectivity index (χ4n) is 1.46. The number of hydrogen-bond acceptors (Lipinski definition) is 0. The molecule has 0 aliphatic carbocycles. The topological polar surface area (TPSA) is 3.88 Å². The molecule has 0 spiro atoms. The normalized spacial score (nSPS) is 11.6. The van der Waals surface area contributed by atoms with Crippen LogP contribution in [-0.4, -0.2) is 0 Å². The fourth-order valence-corrected chi connectivity index (χ4v) is 1.74. The van der Waals surface area contributed by atoms with Gasteiger partial charge in [0.2, 0.25) is 0 Å². The first-order chi connectivity index (χ1) is 7.27. The first kappa shape index (κ1) is 13.0. The molecular weight excluding hydrogens is 241 g/mol. The summed E-state index contributed by atoms with van der Waals surface area (Å²) in [5, 5.41) is 0. The van der Waals surface area contributed by atoms with Crippen molar-refractivity contribution in [3.63, 3.8) is 0 Å². The van der Waals surface area contributed by atoms with Gasteiger partial charge in [-0.1, -0.05) is 35.9 Å². The second-order valence-corrected chi connectivity index (χ2v) is 3.98. The molecule has 1 aromatic heterocycles. The molecule has 2 aromatic rings. The SMILES string of the molecule is Cc1ccc(C(Cl)[n+]2ccccc2)cc1.[Cl-]. The van der Waals surface area contributed by atoms with Gasteiger partial charge in [0.15, 0.2) is 12.4 Å². The Bertz CT molecular complexity index is 425. The van der Waals surface area contributed by atoms with Crippen LogP contribution in [0, 0.1) is 6.92 Å². The highest BCUT2D eigenvalue weighted by Gasteiger charge is 2.15. The van der Waals surface area contributed by atoms with Gasteiger partial charge in [-0.05, 0) is 18.5 Å². The van der Waals surface area contributed by atoms with E-state index < -0.39 is 0 Å². The van der Waals surface area contributed by atoms with E-state index in [0.29, 0.717) is 0 Å². The molecule has 1 unspecified atom stereocenters. The summed E-state index contributed by atoms with van der Waals surface area (Å²) in [4.78, 5) is 0. The number of halogens is 2. The van der Waals surface area contributed by atoms with Crippen LogP contribution in [0.3, 0.4) is 0 Å². The van der Waals surface area contributed by atoms with Crippen LogP contribution in [0.5, 0.6) is 0 Å². The molecule has 0 radical (unpaired) electrons. The maximum Gasteiger partial charge on any atom is 0.258 e. The summed E-state index contributed by atoms with van der Waals surface area (Å²) in [6.45, 7) is 2.07. The summed E-state index contributed by atoms with van der Waals surface area (Å²) < 4.78 is 1.98. The van der Waals surface area contributed by atoms with Crippen LogP contribution in [0.1, 0.15) is 16.6 Å². The van der Waals surface area contributed by atoms with Crippen molar-refractivity contribution in [3.05, 3.63) is 66.0 Å². The molecule has 2 rings (SSSR count). The molecule has 3 heteroatoms. The van der Waals surface area contributed by atoms with Gasteiger partial charge < -0.3 is 12.4 Å². The molecule has 0 aliphatic rings. The first-order valence-corrected chi connectivity index (χ1v) is 5.37. The Balaban J connectivity index is 0.00000128. The molecular formula is C13H13Cl2N. The molecule has 0 bridgehead atoms. The van der Waals surface area contributed by atoms with Crippen LogP contribution in [0.25, 0.3) is 0 Å². The fraction of sp³-hybridized carbons (Fsp3) is 0.154. The highest BCUT2D eigenvalue weighted by atomic mass is 35.5. The number of rotatable bonds is 2. The maximum absolute atomic E-state index is 6.35. The Kier molecular flexibility index (Phi) is 4.78. The summed E-state index contributed by atoms with van der Waals surface area (Å²) >= 11 is 6.35. The number of aryl methyl sites for hydroxylation is 1. The van der Waals surface area contributed by atoms with E-state index in [1.165, 1.54) is 5.56 Å². The predicted molar refractivity (Wildman–Crippen MR) is 61.8 cm³/mol. The molecule has 0 aliphatic heterocycles. The predicted octanol–water partition coefficient (Wildman–Crippen LogP) is 0.0722. The van der Waals surface area contributed by atoms with Crippen molar-refractivity contribution >= 4 is 11.6 Å². The molecule has 1 nitrogen and oxygen atoms in total. The second kappa shape index (κ2) is 5.88. The number of benzene rings is 1. The van der Waals surface area contributed by atoms with Crippen molar-refractivity contribution in [2.24, 2.45) is 0 Å². The Morgan fingerprint density at radius 3 is 2.12 bits per heavy atom. The van der Waals surface area contributed by atoms with Gasteiger partial charge in [0, 0.05) is 17.7 Å². The molecule has 0 fully saturated rings. The van der Waals surface area contributed by atoms with Crippen molar-refractivity contribution in [3.8, 4) is 0 Å². The van der Waals surface area contributed by atoms with E-state index >= 15 is 0 Å². The van der Waals surface area contributed by atoms with Crippen LogP contribution >= 0.6 is 11.6 Å². The minimum Gasteiger partial charge on any atom is -1.00 e. The third-order valence-electron chi connectivity index (χ3n) is 2.35. The average molecular weight is 254 g/mol. The van der Waals surface area contributed by atoms with Gasteiger partial charge in [-0.15, -0.1) is 0 Å². The number of alkyl halides is 1. The summed E-state index contributed by atoms with van der Waals surface area (Å²) in [5.41, 5.74) is 2.23. The minimum atomic E-state index is -0.133. The molecule has 1 atom stereocenters. The molecule has 16 heavy (non-hydrogen) atoms. The van der Waals surface area contributed by atoms with Gasteiger partial charge in [-0.25, -0.2) is 0 Å². The zero-order chi connectivity index (χ0) is 10.7. The molecule has 84 valence electrons. The van der Waals surface area contributed by atoms with Crippen molar-refractivity contribution in [2.75, 3.05) is 0 Å². The first-order valence-electron chi connectivity index (χ1n) is 4.94. The maximum atomic E-state index is 6.35. The van der Waals surface area contributed by atoms with Crippen LogP contribution < -0.4 is 17.0 Å². The van der Waals surface area contributed by atoms with Crippen molar-refractivity contribution in [2.45, 2.75) is 12.4 Å². The molecule has 1 heterocycles. The van der Waals surface area contributed by atoms with E-state index in [2.05, 4.69) is 31.2 Å². The van der Waals surface area contributed by atoms with Gasteiger partial charge in [-0.2, -0.15) is 4.57 Å². The van der Waals surface area contributed by atoms with Crippen LogP contribution in [0.2, 0.25) is 0 Å². The molecule has 0 saturated carbocycles. The Labute approximate surface area is 107 Å². The minimum absolute atomic E-state index is 0. The lowest BCUT2D eigenvalue weighted by Crippen LogP contribution is -3.00. The van der Waals surface area contributed by atoms with Crippen molar-refractivity contribution in [1.29, 1.82) is 0 Å². The molecule has 0 amide bonds. The van der Waals surface area contributed by atoms with Crippen LogP contribution in [-0.2, 0) is 0 Å². The molecule has 0 saturated heterocycles. The van der Waals surface area contributed by atoms with Crippen molar-refractivity contribution in [1.82, 2.24) is 0 Å². The lowest BCUT2D eigenvalue weighted by atomic mass is 10.1. The third-order valence-corrected chi connectivity index (χ3v) is 2.83. The Morgan fingerprint density at radius 1 is 1.00 bits per heavy atom. The molecule has 0 N–H and O–H groups in total. The largest absolute Gasteiger partial charge is 1.00 e. The van der Waals surface area contributed by atoms with E-state index in [0.717, 1.165) is 5.56 Å². The monoisotopic (exact) mass is 253 g/mol. The van der Waals surface area contributed by atoms with E-state index in [9.17, 15) is 0 Å². The lowest BCUT2D eigenvalue weighted by molar-refractivity contribution is -0.694. The summed E-state index contributed by atoms with van der Waals surface area (Å²) in [6, 6.07) is 14.2. The van der Waals surface area contributed by atoms with Gasteiger partial charge in [-0.3, -0.25) is 0 Å². The van der Waals surface area contributed by atoms with Crippen LogP contribution in [0.15, 0.2) is 54.9 Å². The average Bonchev–Trinajstić information content (AvgIpc) is 2.30. The lowest BCUT2D eigenvalue weighted by Gasteiger charge is -2.05. The number of aromatic nitrogens is 1. The highest BCUT2D eigenvalue weighted by Crippen LogP contribution is 2.16. The molecule has 1 aromatic carbocycles. The zero-order valence-corrected chi connectivity index (χ0v) is 10.5. The highest BCUT2D eigenvalue weighted by molar-refractivity contribution is 6.19. The van der Waals surface area contributed by atoms with Gasteiger partial charge in [0.05, 0.1) is 0 Å². The number of pyridine rings is 1. The van der Waals surface area contributed by atoms with E-state index in [1.54, 1.807) is 0 Å². The standard InChI is InChI=1S/C13H13ClN.ClH/c1-11-5-7-12(8-6-11)13(14)15-9-3-2-4-10-15;/h2-10,13H,1H3;1H/q+1;/p-1. The van der Waals surface area contributed by atoms with E-state index in [-0.39, 0.29) is 17.9 Å². The summed E-state index contributed by atoms with van der Waals surface area (Å²) in [7, 11) is 0. The Morgan fingerprint density at radius 2 is 1.56 bits per heavy atom. The summed E-state index contributed by atoms with van der Waals surface area (Å²) in [5.74, 6) is 0. The van der Waals surface area contributed by atoms with Gasteiger partial charge >= 0.3 is 0 Å². The van der Waals surface area contributed by atoms with Crippen LogP contribution in [0.4, 0.5) is 0 Å². The van der Waals surface area contributed by atoms with E-state index in [4.69, 9.17) is 11.6 Å². The Hall–Kier alpha value is -1.05. The number of nitrogens with zero attached hydrogens (tertiary/aromatic N) is 1. The summed E-state index contributed by atoms with van der Waals surface area (Å²) in [6.07, 6.45) is 3.94. The smallest absolute Gasteiger partial charge is 0.258 e. The van der Waals surface area contributed by atoms with Gasteiger partial charge in [0.1, 0.15) is 0 Å².